The van der Waals surface area contributed by atoms with Crippen LogP contribution in [-0.2, 0) is 19.4 Å². The zero-order valence-corrected chi connectivity index (χ0v) is 12.8. The van der Waals surface area contributed by atoms with E-state index in [1.165, 1.54) is 4.90 Å². The number of hydrogen-bond acceptors (Lipinski definition) is 4. The van der Waals surface area contributed by atoms with Crippen molar-refractivity contribution in [3.8, 4) is 0 Å². The lowest BCUT2D eigenvalue weighted by Gasteiger charge is -2.39. The second kappa shape index (κ2) is 5.79. The Hall–Kier alpha value is -1.37. The van der Waals surface area contributed by atoms with E-state index in [4.69, 9.17) is 0 Å². The summed E-state index contributed by atoms with van der Waals surface area (Å²) in [4.78, 5) is 25.3. The van der Waals surface area contributed by atoms with Gasteiger partial charge in [0.15, 0.2) is 9.84 Å². The Balaban J connectivity index is 2.09. The van der Waals surface area contributed by atoms with E-state index in [0.29, 0.717) is 19.3 Å². The third kappa shape index (κ3) is 3.28. The second-order valence-electron chi connectivity index (χ2n) is 6.01. The summed E-state index contributed by atoms with van der Waals surface area (Å²) in [5, 5.41) is 9.31. The monoisotopic (exact) mass is 315 g/mol. The van der Waals surface area contributed by atoms with Gasteiger partial charge >= 0.3 is 5.97 Å². The van der Waals surface area contributed by atoms with Gasteiger partial charge in [0.05, 0.1) is 16.9 Å². The van der Waals surface area contributed by atoms with Gasteiger partial charge in [0.2, 0.25) is 5.91 Å². The molecular weight excluding hydrogens is 294 g/mol. The number of carboxylic acid groups (broad SMARTS) is 1. The van der Waals surface area contributed by atoms with Gasteiger partial charge in [-0.25, -0.2) is 8.42 Å². The van der Waals surface area contributed by atoms with Gasteiger partial charge in [0, 0.05) is 19.0 Å². The van der Waals surface area contributed by atoms with E-state index >= 15 is 0 Å². The molecule has 1 aliphatic heterocycles. The Bertz CT molecular complexity index is 550. The third-order valence-electron chi connectivity index (χ3n) is 4.55. The molecule has 0 aromatic heterocycles. The van der Waals surface area contributed by atoms with Gasteiger partial charge in [0.1, 0.15) is 0 Å². The summed E-state index contributed by atoms with van der Waals surface area (Å²) < 4.78 is 23.2. The normalized spacial score (nSPS) is 25.8. The van der Waals surface area contributed by atoms with E-state index in [9.17, 15) is 23.1 Å². The minimum atomic E-state index is -3.09. The molecule has 2 fully saturated rings. The van der Waals surface area contributed by atoms with Crippen LogP contribution in [0.2, 0.25) is 0 Å². The molecule has 0 spiro atoms. The SMILES string of the molecule is C=CCN(C(=O)CC1(C(=O)O)CCC1)C1CCS(=O)(=O)C1. The third-order valence-corrected chi connectivity index (χ3v) is 6.30. The molecule has 0 aromatic carbocycles. The summed E-state index contributed by atoms with van der Waals surface area (Å²) in [6.07, 6.45) is 3.77. The van der Waals surface area contributed by atoms with E-state index in [0.717, 1.165) is 6.42 Å². The van der Waals surface area contributed by atoms with Gasteiger partial charge in [-0.2, -0.15) is 0 Å². The van der Waals surface area contributed by atoms with Crippen LogP contribution in [0.15, 0.2) is 12.7 Å². The van der Waals surface area contributed by atoms with Crippen LogP contribution >= 0.6 is 0 Å². The lowest BCUT2D eigenvalue weighted by molar-refractivity contribution is -0.159. The first-order valence-corrected chi connectivity index (χ1v) is 8.96. The van der Waals surface area contributed by atoms with E-state index in [2.05, 4.69) is 6.58 Å². The fraction of sp³-hybridized carbons (Fsp3) is 0.714. The lowest BCUT2D eigenvalue weighted by atomic mass is 9.66. The molecule has 2 rings (SSSR count). The average molecular weight is 315 g/mol. The first kappa shape index (κ1) is 16.0. The number of nitrogens with zero attached hydrogens (tertiary/aromatic N) is 1. The van der Waals surface area contributed by atoms with Crippen LogP contribution in [0.3, 0.4) is 0 Å². The number of sulfone groups is 1. The molecule has 0 radical (unpaired) electrons. The van der Waals surface area contributed by atoms with Crippen LogP contribution < -0.4 is 0 Å². The van der Waals surface area contributed by atoms with Gasteiger partial charge < -0.3 is 10.0 Å². The molecular formula is C14H21NO5S. The van der Waals surface area contributed by atoms with Gasteiger partial charge in [-0.1, -0.05) is 12.5 Å². The van der Waals surface area contributed by atoms with Crippen LogP contribution in [0.25, 0.3) is 0 Å². The Morgan fingerprint density at radius 2 is 2.05 bits per heavy atom. The maximum Gasteiger partial charge on any atom is 0.310 e. The topological polar surface area (TPSA) is 91.8 Å². The minimum absolute atomic E-state index is 0.0351. The number of carbonyl (C=O) groups excluding carboxylic acids is 1. The van der Waals surface area contributed by atoms with Crippen molar-refractivity contribution in [2.24, 2.45) is 5.41 Å². The summed E-state index contributed by atoms with van der Waals surface area (Å²) in [5.74, 6) is -1.16. The standard InChI is InChI=1S/C14H21NO5S/c1-2-7-15(11-4-8-21(19,20)10-11)12(16)9-14(13(17)18)5-3-6-14/h2,11H,1,3-10H2,(H,17,18). The minimum Gasteiger partial charge on any atom is -0.481 e. The molecule has 1 aliphatic carbocycles. The quantitative estimate of drug-likeness (QED) is 0.733. The van der Waals surface area contributed by atoms with Crippen molar-refractivity contribution in [3.05, 3.63) is 12.7 Å². The highest BCUT2D eigenvalue weighted by molar-refractivity contribution is 7.91. The predicted octanol–water partition coefficient (Wildman–Crippen LogP) is 0.833. The Labute approximate surface area is 124 Å². The van der Waals surface area contributed by atoms with Crippen molar-refractivity contribution in [1.29, 1.82) is 0 Å². The summed E-state index contributed by atoms with van der Waals surface area (Å²) in [6, 6.07) is -0.355. The van der Waals surface area contributed by atoms with Crippen LogP contribution in [0.4, 0.5) is 0 Å². The first-order chi connectivity index (χ1) is 9.80. The lowest BCUT2D eigenvalue weighted by Crippen LogP contribution is -2.47. The largest absolute Gasteiger partial charge is 0.481 e. The molecule has 1 heterocycles. The molecule has 21 heavy (non-hydrogen) atoms. The molecule has 118 valence electrons. The van der Waals surface area contributed by atoms with Gasteiger partial charge in [-0.05, 0) is 19.3 Å². The summed E-state index contributed by atoms with van der Waals surface area (Å²) in [7, 11) is -3.09. The number of carbonyl (C=O) groups is 2. The molecule has 0 bridgehead atoms. The maximum absolute atomic E-state index is 12.5. The van der Waals surface area contributed by atoms with Crippen molar-refractivity contribution in [2.45, 2.75) is 38.1 Å². The molecule has 1 saturated carbocycles. The fourth-order valence-corrected chi connectivity index (χ4v) is 4.81. The van der Waals surface area contributed by atoms with Crippen LogP contribution in [0, 0.1) is 5.41 Å². The highest BCUT2D eigenvalue weighted by atomic mass is 32.2. The van der Waals surface area contributed by atoms with Crippen molar-refractivity contribution in [2.75, 3.05) is 18.1 Å². The summed E-state index contributed by atoms with van der Waals surface area (Å²) >= 11 is 0. The highest BCUT2D eigenvalue weighted by Crippen LogP contribution is 2.44. The molecule has 1 amide bonds. The average Bonchev–Trinajstić information content (AvgIpc) is 2.70. The summed E-state index contributed by atoms with van der Waals surface area (Å²) in [5.41, 5.74) is -0.950. The second-order valence-corrected chi connectivity index (χ2v) is 8.24. The molecule has 6 nitrogen and oxygen atoms in total. The van der Waals surface area contributed by atoms with E-state index in [1.54, 1.807) is 6.08 Å². The highest BCUT2D eigenvalue weighted by Gasteiger charge is 2.47. The molecule has 2 aliphatic rings. The van der Waals surface area contributed by atoms with Crippen LogP contribution in [0.5, 0.6) is 0 Å². The molecule has 1 unspecified atom stereocenters. The van der Waals surface area contributed by atoms with Gasteiger partial charge in [-0.15, -0.1) is 6.58 Å². The number of carboxylic acids is 1. The maximum atomic E-state index is 12.5. The smallest absolute Gasteiger partial charge is 0.310 e. The van der Waals surface area contributed by atoms with E-state index in [1.807, 2.05) is 0 Å². The van der Waals surface area contributed by atoms with E-state index in [-0.39, 0.29) is 36.4 Å². The Kier molecular flexibility index (Phi) is 4.41. The van der Waals surface area contributed by atoms with Crippen molar-refractivity contribution in [3.63, 3.8) is 0 Å². The van der Waals surface area contributed by atoms with Crippen LogP contribution in [-0.4, -0.2) is 54.4 Å². The molecule has 7 heteroatoms. The molecule has 1 N–H and O–H groups in total. The van der Waals surface area contributed by atoms with Crippen molar-refractivity contribution < 1.29 is 23.1 Å². The molecule has 0 aromatic rings. The number of amides is 1. The Morgan fingerprint density at radius 1 is 1.38 bits per heavy atom. The van der Waals surface area contributed by atoms with Crippen LogP contribution in [0.1, 0.15) is 32.1 Å². The van der Waals surface area contributed by atoms with Gasteiger partial charge in [-0.3, -0.25) is 9.59 Å². The van der Waals surface area contributed by atoms with Crippen molar-refractivity contribution >= 4 is 21.7 Å². The van der Waals surface area contributed by atoms with Gasteiger partial charge in [0.25, 0.3) is 0 Å². The van der Waals surface area contributed by atoms with E-state index < -0.39 is 21.2 Å². The molecule has 1 atom stereocenters. The number of rotatable bonds is 6. The Morgan fingerprint density at radius 3 is 2.43 bits per heavy atom. The predicted molar refractivity (Wildman–Crippen MR) is 77.5 cm³/mol. The fourth-order valence-electron chi connectivity index (χ4n) is 3.08. The zero-order valence-electron chi connectivity index (χ0n) is 12.0. The number of hydrogen-bond donors (Lipinski definition) is 1. The first-order valence-electron chi connectivity index (χ1n) is 7.14. The van der Waals surface area contributed by atoms with Crippen molar-refractivity contribution in [1.82, 2.24) is 4.90 Å². The summed E-state index contributed by atoms with van der Waals surface area (Å²) in [6.45, 7) is 3.86. The molecule has 1 saturated heterocycles. The zero-order chi connectivity index (χ0) is 15.7. The number of aliphatic carboxylic acids is 1.